The van der Waals surface area contributed by atoms with E-state index in [9.17, 15) is 9.90 Å². The van der Waals surface area contributed by atoms with E-state index in [2.05, 4.69) is 20.9 Å². The molecule has 0 aliphatic rings. The predicted octanol–water partition coefficient (Wildman–Crippen LogP) is 3.80. The molecule has 2 aromatic rings. The van der Waals surface area contributed by atoms with Gasteiger partial charge in [0.05, 0.1) is 6.04 Å². The van der Waals surface area contributed by atoms with Crippen LogP contribution >= 0.6 is 27.3 Å². The quantitative estimate of drug-likeness (QED) is 0.919. The molecular weight excluding hydrogens is 328 g/mol. The third kappa shape index (κ3) is 2.96. The summed E-state index contributed by atoms with van der Waals surface area (Å²) < 4.78 is 0.658. The largest absolute Gasteiger partial charge is 0.478 e. The van der Waals surface area contributed by atoms with Gasteiger partial charge in [-0.05, 0) is 40.4 Å². The highest BCUT2D eigenvalue weighted by Gasteiger charge is 2.20. The number of carboxylic acid groups (broad SMARTS) is 1. The van der Waals surface area contributed by atoms with Crippen molar-refractivity contribution in [1.29, 1.82) is 0 Å². The van der Waals surface area contributed by atoms with E-state index in [1.165, 1.54) is 4.88 Å². The lowest BCUT2D eigenvalue weighted by molar-refractivity contribution is 0.0697. The van der Waals surface area contributed by atoms with Gasteiger partial charge in [0.2, 0.25) is 0 Å². The molecule has 0 amide bonds. The molecule has 6 heteroatoms. The Morgan fingerprint density at radius 3 is 2.89 bits per heavy atom. The molecule has 2 heterocycles. The van der Waals surface area contributed by atoms with E-state index >= 15 is 0 Å². The molecule has 0 radical (unpaired) electrons. The van der Waals surface area contributed by atoms with E-state index < -0.39 is 5.97 Å². The van der Waals surface area contributed by atoms with Crippen molar-refractivity contribution in [3.05, 3.63) is 44.7 Å². The molecule has 0 aliphatic carbocycles. The van der Waals surface area contributed by atoms with Crippen molar-refractivity contribution in [3.63, 3.8) is 0 Å². The molecule has 1 atom stereocenters. The number of hydrogen-bond acceptors (Lipinski definition) is 4. The summed E-state index contributed by atoms with van der Waals surface area (Å²) in [5.41, 5.74) is 0.195. The second-order valence-electron chi connectivity index (χ2n) is 4.13. The summed E-state index contributed by atoms with van der Waals surface area (Å²) in [6.45, 7) is 2.03. The summed E-state index contributed by atoms with van der Waals surface area (Å²) >= 11 is 4.89. The molecule has 0 saturated carbocycles. The van der Waals surface area contributed by atoms with E-state index in [0.717, 1.165) is 0 Å². The fourth-order valence-electron chi connectivity index (χ4n) is 1.77. The minimum atomic E-state index is -0.978. The standard InChI is InChI=1S/C13H13BrN2O2S/c1-8(11-4-3-5-19-11)16(2)12-10(13(17)18)6-9(14)7-15-12/h3-8H,1-2H3,(H,17,18). The van der Waals surface area contributed by atoms with Crippen LogP contribution in [0.25, 0.3) is 0 Å². The average molecular weight is 341 g/mol. The lowest BCUT2D eigenvalue weighted by Crippen LogP contribution is -2.24. The molecule has 0 bridgehead atoms. The number of nitrogens with zero attached hydrogens (tertiary/aromatic N) is 2. The Morgan fingerprint density at radius 2 is 2.32 bits per heavy atom. The van der Waals surface area contributed by atoms with Crippen LogP contribution in [0.4, 0.5) is 5.82 Å². The van der Waals surface area contributed by atoms with Crippen LogP contribution in [0.2, 0.25) is 0 Å². The van der Waals surface area contributed by atoms with E-state index in [0.29, 0.717) is 10.3 Å². The number of anilines is 1. The molecule has 100 valence electrons. The van der Waals surface area contributed by atoms with Gasteiger partial charge in [0, 0.05) is 22.6 Å². The van der Waals surface area contributed by atoms with Gasteiger partial charge in [0.15, 0.2) is 0 Å². The third-order valence-electron chi connectivity index (χ3n) is 2.93. The number of hydrogen-bond donors (Lipinski definition) is 1. The van der Waals surface area contributed by atoms with Gasteiger partial charge in [-0.1, -0.05) is 6.07 Å². The van der Waals surface area contributed by atoms with Crippen molar-refractivity contribution in [2.45, 2.75) is 13.0 Å². The summed E-state index contributed by atoms with van der Waals surface area (Å²) in [6.07, 6.45) is 1.61. The van der Waals surface area contributed by atoms with Crippen LogP contribution in [-0.2, 0) is 0 Å². The number of aromatic carboxylic acids is 1. The van der Waals surface area contributed by atoms with Crippen molar-refractivity contribution in [2.24, 2.45) is 0 Å². The Kier molecular flexibility index (Phi) is 4.21. The van der Waals surface area contributed by atoms with Crippen LogP contribution in [0, 0.1) is 0 Å². The van der Waals surface area contributed by atoms with Crippen LogP contribution in [0.5, 0.6) is 0 Å². The summed E-state index contributed by atoms with van der Waals surface area (Å²) in [5, 5.41) is 11.3. The first-order valence-corrected chi connectivity index (χ1v) is 7.33. The number of rotatable bonds is 4. The molecule has 0 spiro atoms. The van der Waals surface area contributed by atoms with E-state index in [1.807, 2.05) is 36.4 Å². The molecule has 0 fully saturated rings. The van der Waals surface area contributed by atoms with E-state index in [4.69, 9.17) is 0 Å². The third-order valence-corrected chi connectivity index (χ3v) is 4.41. The van der Waals surface area contributed by atoms with Gasteiger partial charge in [0.1, 0.15) is 11.4 Å². The van der Waals surface area contributed by atoms with Crippen LogP contribution in [0.1, 0.15) is 28.2 Å². The Labute approximate surface area is 123 Å². The smallest absolute Gasteiger partial charge is 0.339 e. The average Bonchev–Trinajstić information content (AvgIpc) is 2.90. The monoisotopic (exact) mass is 340 g/mol. The van der Waals surface area contributed by atoms with Gasteiger partial charge < -0.3 is 10.0 Å². The fraction of sp³-hybridized carbons (Fsp3) is 0.231. The van der Waals surface area contributed by atoms with Crippen LogP contribution in [0.3, 0.4) is 0 Å². The molecule has 4 nitrogen and oxygen atoms in total. The van der Waals surface area contributed by atoms with Crippen molar-refractivity contribution < 1.29 is 9.90 Å². The van der Waals surface area contributed by atoms with Crippen LogP contribution in [0.15, 0.2) is 34.2 Å². The van der Waals surface area contributed by atoms with Gasteiger partial charge in [-0.2, -0.15) is 0 Å². The number of thiophene rings is 1. The van der Waals surface area contributed by atoms with Crippen LogP contribution < -0.4 is 4.90 Å². The van der Waals surface area contributed by atoms with Gasteiger partial charge in [-0.3, -0.25) is 0 Å². The number of carboxylic acids is 1. The van der Waals surface area contributed by atoms with Crippen molar-refractivity contribution in [2.75, 3.05) is 11.9 Å². The second kappa shape index (κ2) is 5.71. The first kappa shape index (κ1) is 14.0. The van der Waals surface area contributed by atoms with Gasteiger partial charge in [-0.25, -0.2) is 9.78 Å². The zero-order valence-corrected chi connectivity index (χ0v) is 12.9. The summed E-state index contributed by atoms with van der Waals surface area (Å²) in [6, 6.07) is 5.66. The molecule has 19 heavy (non-hydrogen) atoms. The lowest BCUT2D eigenvalue weighted by atomic mass is 10.2. The zero-order chi connectivity index (χ0) is 14.0. The molecular formula is C13H13BrN2O2S. The highest BCUT2D eigenvalue weighted by Crippen LogP contribution is 2.30. The summed E-state index contributed by atoms with van der Waals surface area (Å²) in [5.74, 6) is -0.509. The maximum Gasteiger partial charge on any atom is 0.339 e. The molecule has 2 aromatic heterocycles. The number of carbonyl (C=O) groups is 1. The lowest BCUT2D eigenvalue weighted by Gasteiger charge is -2.26. The first-order valence-electron chi connectivity index (χ1n) is 5.65. The predicted molar refractivity (Wildman–Crippen MR) is 80.0 cm³/mol. The Bertz CT molecular complexity index is 586. The number of pyridine rings is 1. The molecule has 2 rings (SSSR count). The Morgan fingerprint density at radius 1 is 1.58 bits per heavy atom. The summed E-state index contributed by atoms with van der Waals surface area (Å²) in [4.78, 5) is 18.6. The topological polar surface area (TPSA) is 53.4 Å². The van der Waals surface area contributed by atoms with E-state index in [-0.39, 0.29) is 11.6 Å². The van der Waals surface area contributed by atoms with Gasteiger partial charge in [-0.15, -0.1) is 11.3 Å². The minimum absolute atomic E-state index is 0.0757. The van der Waals surface area contributed by atoms with E-state index in [1.54, 1.807) is 23.6 Å². The molecule has 0 aliphatic heterocycles. The highest BCUT2D eigenvalue weighted by atomic mass is 79.9. The fourth-order valence-corrected chi connectivity index (χ4v) is 2.93. The highest BCUT2D eigenvalue weighted by molar-refractivity contribution is 9.10. The van der Waals surface area contributed by atoms with Crippen LogP contribution in [-0.4, -0.2) is 23.1 Å². The zero-order valence-electron chi connectivity index (χ0n) is 10.5. The second-order valence-corrected chi connectivity index (χ2v) is 6.03. The summed E-state index contributed by atoms with van der Waals surface area (Å²) in [7, 11) is 1.85. The molecule has 1 N–H and O–H groups in total. The Balaban J connectivity index is 2.38. The Hall–Kier alpha value is -1.40. The van der Waals surface area contributed by atoms with Crippen molar-refractivity contribution >= 4 is 39.1 Å². The number of halogens is 1. The van der Waals surface area contributed by atoms with Gasteiger partial charge in [0.25, 0.3) is 0 Å². The van der Waals surface area contributed by atoms with Crippen molar-refractivity contribution in [1.82, 2.24) is 4.98 Å². The number of aromatic nitrogens is 1. The normalized spacial score (nSPS) is 12.2. The molecule has 0 saturated heterocycles. The molecule has 1 unspecified atom stereocenters. The molecule has 0 aromatic carbocycles. The first-order chi connectivity index (χ1) is 9.00. The minimum Gasteiger partial charge on any atom is -0.478 e. The SMILES string of the molecule is CC(c1cccs1)N(C)c1ncc(Br)cc1C(=O)O. The maximum atomic E-state index is 11.3. The van der Waals surface area contributed by atoms with Crippen molar-refractivity contribution in [3.8, 4) is 0 Å². The van der Waals surface area contributed by atoms with Gasteiger partial charge >= 0.3 is 5.97 Å². The maximum absolute atomic E-state index is 11.3.